The van der Waals surface area contributed by atoms with Gasteiger partial charge in [0.1, 0.15) is 11.8 Å². The molecule has 2 heterocycles. The summed E-state index contributed by atoms with van der Waals surface area (Å²) in [7, 11) is 0. The molecule has 0 aromatic carbocycles. The highest BCUT2D eigenvalue weighted by Crippen LogP contribution is 2.16. The molecule has 0 fully saturated rings. The number of amides is 1. The fourth-order valence-corrected chi connectivity index (χ4v) is 1.70. The van der Waals surface area contributed by atoms with Crippen LogP contribution in [-0.4, -0.2) is 20.9 Å². The van der Waals surface area contributed by atoms with Gasteiger partial charge in [0.25, 0.3) is 0 Å². The van der Waals surface area contributed by atoms with Crippen LogP contribution >= 0.6 is 0 Å². The Balaban J connectivity index is 2.03. The van der Waals surface area contributed by atoms with Crippen LogP contribution in [0, 0.1) is 0 Å². The number of hydrogen-bond acceptors (Lipinski definition) is 3. The lowest BCUT2D eigenvalue weighted by Gasteiger charge is -2.04. The van der Waals surface area contributed by atoms with E-state index in [2.05, 4.69) is 27.2 Å². The summed E-state index contributed by atoms with van der Waals surface area (Å²) >= 11 is 0. The largest absolute Gasteiger partial charge is 0.357 e. The Labute approximate surface area is 99.7 Å². The summed E-state index contributed by atoms with van der Waals surface area (Å²) in [6.45, 7) is 2.12. The summed E-state index contributed by atoms with van der Waals surface area (Å²) in [5, 5.41) is 2.81. The summed E-state index contributed by atoms with van der Waals surface area (Å²) in [4.78, 5) is 22.9. The fraction of sp³-hybridized carbons (Fsp3) is 0.417. The van der Waals surface area contributed by atoms with Crippen LogP contribution in [0.5, 0.6) is 0 Å². The molecule has 0 atom stereocenters. The molecule has 0 aliphatic heterocycles. The zero-order valence-electron chi connectivity index (χ0n) is 9.86. The maximum absolute atomic E-state index is 11.7. The Hall–Kier alpha value is -1.91. The number of hydrogen-bond donors (Lipinski definition) is 2. The van der Waals surface area contributed by atoms with E-state index in [1.54, 1.807) is 6.20 Å². The highest BCUT2D eigenvalue weighted by atomic mass is 16.1. The highest BCUT2D eigenvalue weighted by molar-refractivity contribution is 5.97. The van der Waals surface area contributed by atoms with Crippen molar-refractivity contribution in [2.45, 2.75) is 32.6 Å². The van der Waals surface area contributed by atoms with E-state index in [9.17, 15) is 4.79 Å². The van der Waals surface area contributed by atoms with Gasteiger partial charge in [-0.1, -0.05) is 19.8 Å². The first-order valence-corrected chi connectivity index (χ1v) is 5.89. The van der Waals surface area contributed by atoms with Crippen molar-refractivity contribution in [3.05, 3.63) is 18.6 Å². The Morgan fingerprint density at radius 3 is 3.12 bits per heavy atom. The van der Waals surface area contributed by atoms with Crippen molar-refractivity contribution in [1.82, 2.24) is 15.0 Å². The van der Waals surface area contributed by atoms with Crippen LogP contribution in [0.25, 0.3) is 11.0 Å². The minimum atomic E-state index is 0.00745. The number of nitrogens with zero attached hydrogens (tertiary/aromatic N) is 2. The topological polar surface area (TPSA) is 70.7 Å². The number of aromatic nitrogens is 3. The van der Waals surface area contributed by atoms with Crippen LogP contribution in [0.1, 0.15) is 32.6 Å². The van der Waals surface area contributed by atoms with Gasteiger partial charge in [-0.05, 0) is 12.5 Å². The lowest BCUT2D eigenvalue weighted by atomic mass is 10.2. The van der Waals surface area contributed by atoms with Crippen LogP contribution in [-0.2, 0) is 4.79 Å². The van der Waals surface area contributed by atoms with Gasteiger partial charge in [0.05, 0.1) is 5.52 Å². The molecule has 0 spiro atoms. The van der Waals surface area contributed by atoms with Gasteiger partial charge in [-0.2, -0.15) is 0 Å². The number of nitrogens with one attached hydrogen (secondary N) is 2. The van der Waals surface area contributed by atoms with Crippen LogP contribution in [0.2, 0.25) is 0 Å². The molecule has 0 unspecified atom stereocenters. The summed E-state index contributed by atoms with van der Waals surface area (Å²) < 4.78 is 0. The van der Waals surface area contributed by atoms with Crippen LogP contribution < -0.4 is 5.32 Å². The molecular formula is C12H16N4O. The minimum absolute atomic E-state index is 0.00745. The zero-order valence-corrected chi connectivity index (χ0v) is 9.86. The lowest BCUT2D eigenvalue weighted by Crippen LogP contribution is -2.12. The van der Waals surface area contributed by atoms with Gasteiger partial charge in [-0.15, -0.1) is 0 Å². The number of unbranched alkanes of at least 4 members (excludes halogenated alkanes) is 2. The molecule has 0 bridgehead atoms. The third-order valence-corrected chi connectivity index (χ3v) is 2.61. The average molecular weight is 232 g/mol. The minimum Gasteiger partial charge on any atom is -0.357 e. The number of aromatic amines is 1. The van der Waals surface area contributed by atoms with E-state index in [1.807, 2.05) is 6.07 Å². The van der Waals surface area contributed by atoms with E-state index in [1.165, 1.54) is 6.33 Å². The van der Waals surface area contributed by atoms with Gasteiger partial charge >= 0.3 is 0 Å². The molecule has 90 valence electrons. The fourth-order valence-electron chi connectivity index (χ4n) is 1.70. The second-order valence-corrected chi connectivity index (χ2v) is 3.97. The number of rotatable bonds is 5. The van der Waals surface area contributed by atoms with Gasteiger partial charge in [-0.25, -0.2) is 9.97 Å². The maximum atomic E-state index is 11.7. The second-order valence-electron chi connectivity index (χ2n) is 3.97. The summed E-state index contributed by atoms with van der Waals surface area (Å²) in [5.41, 5.74) is 1.58. The number of anilines is 1. The van der Waals surface area contributed by atoms with Crippen LogP contribution in [0.4, 0.5) is 5.82 Å². The smallest absolute Gasteiger partial charge is 0.225 e. The van der Waals surface area contributed by atoms with Gasteiger partial charge in [0.15, 0.2) is 5.82 Å². The molecule has 0 radical (unpaired) electrons. The molecule has 5 nitrogen and oxygen atoms in total. The van der Waals surface area contributed by atoms with Crippen LogP contribution in [0.15, 0.2) is 18.6 Å². The average Bonchev–Trinajstić information content (AvgIpc) is 2.78. The molecule has 0 saturated heterocycles. The molecule has 2 aromatic rings. The van der Waals surface area contributed by atoms with E-state index in [-0.39, 0.29) is 5.91 Å². The normalized spacial score (nSPS) is 10.6. The van der Waals surface area contributed by atoms with Crippen molar-refractivity contribution in [3.8, 4) is 0 Å². The second kappa shape index (κ2) is 5.43. The Morgan fingerprint density at radius 1 is 1.41 bits per heavy atom. The molecular weight excluding hydrogens is 216 g/mol. The summed E-state index contributed by atoms with van der Waals surface area (Å²) in [5.74, 6) is 0.564. The number of fused-ring (bicyclic) bond motifs is 1. The van der Waals surface area contributed by atoms with Gasteiger partial charge in [-0.3, -0.25) is 4.79 Å². The van der Waals surface area contributed by atoms with Crippen molar-refractivity contribution < 1.29 is 4.79 Å². The molecule has 1 amide bonds. The van der Waals surface area contributed by atoms with E-state index in [4.69, 9.17) is 0 Å². The molecule has 2 rings (SSSR count). The van der Waals surface area contributed by atoms with Crippen molar-refractivity contribution in [2.24, 2.45) is 0 Å². The number of carbonyl (C=O) groups is 1. The monoisotopic (exact) mass is 232 g/mol. The molecule has 0 saturated carbocycles. The quantitative estimate of drug-likeness (QED) is 0.778. The van der Waals surface area contributed by atoms with Gasteiger partial charge in [0.2, 0.25) is 5.91 Å². The van der Waals surface area contributed by atoms with Crippen LogP contribution in [0.3, 0.4) is 0 Å². The van der Waals surface area contributed by atoms with Gasteiger partial charge < -0.3 is 10.3 Å². The molecule has 2 N–H and O–H groups in total. The lowest BCUT2D eigenvalue weighted by molar-refractivity contribution is -0.116. The summed E-state index contributed by atoms with van der Waals surface area (Å²) in [6.07, 6.45) is 6.89. The highest BCUT2D eigenvalue weighted by Gasteiger charge is 2.07. The molecule has 0 aliphatic rings. The summed E-state index contributed by atoms with van der Waals surface area (Å²) in [6, 6.07) is 1.85. The van der Waals surface area contributed by atoms with Crippen molar-refractivity contribution >= 4 is 22.8 Å². The van der Waals surface area contributed by atoms with Crippen molar-refractivity contribution in [2.75, 3.05) is 5.32 Å². The molecule has 5 heteroatoms. The van der Waals surface area contributed by atoms with E-state index in [0.29, 0.717) is 12.2 Å². The Bertz CT molecular complexity index is 506. The predicted molar refractivity (Wildman–Crippen MR) is 66.7 cm³/mol. The third kappa shape index (κ3) is 2.81. The molecule has 17 heavy (non-hydrogen) atoms. The SMILES string of the molecule is CCCCCC(=O)Nc1ncnc2cc[nH]c12. The van der Waals surface area contributed by atoms with Crippen molar-refractivity contribution in [3.63, 3.8) is 0 Å². The predicted octanol–water partition coefficient (Wildman–Crippen LogP) is 2.48. The first-order valence-electron chi connectivity index (χ1n) is 5.89. The van der Waals surface area contributed by atoms with Crippen molar-refractivity contribution in [1.29, 1.82) is 0 Å². The van der Waals surface area contributed by atoms with Gasteiger partial charge in [0, 0.05) is 12.6 Å². The Morgan fingerprint density at radius 2 is 2.29 bits per heavy atom. The standard InChI is InChI=1S/C12H16N4O/c1-2-3-4-5-10(17)16-12-11-9(6-7-13-11)14-8-15-12/h6-8,13H,2-5H2,1H3,(H,14,15,16,17). The molecule has 2 aromatic heterocycles. The van der Waals surface area contributed by atoms with E-state index in [0.717, 1.165) is 30.3 Å². The zero-order chi connectivity index (χ0) is 12.1. The third-order valence-electron chi connectivity index (χ3n) is 2.61. The number of carbonyl (C=O) groups excluding carboxylic acids is 1. The first kappa shape index (κ1) is 11.6. The first-order chi connectivity index (χ1) is 8.31. The van der Waals surface area contributed by atoms with E-state index < -0.39 is 0 Å². The molecule has 0 aliphatic carbocycles. The van der Waals surface area contributed by atoms with E-state index >= 15 is 0 Å². The maximum Gasteiger partial charge on any atom is 0.225 e. The number of H-pyrrole nitrogens is 1. The Kier molecular flexibility index (Phi) is 3.69.